The van der Waals surface area contributed by atoms with Gasteiger partial charge in [0.1, 0.15) is 24.7 Å². The lowest BCUT2D eigenvalue weighted by molar-refractivity contribution is -0.130. The Morgan fingerprint density at radius 3 is 2.22 bits per heavy atom. The quantitative estimate of drug-likeness (QED) is 0.574. The van der Waals surface area contributed by atoms with Crippen LogP contribution in [0.15, 0.2) is 68.7 Å². The van der Waals surface area contributed by atoms with Crippen molar-refractivity contribution in [2.24, 2.45) is 0 Å². The summed E-state index contributed by atoms with van der Waals surface area (Å²) in [4.78, 5) is 15.5. The number of hydrogen-bond acceptors (Lipinski definition) is 6. The highest BCUT2D eigenvalue weighted by Gasteiger charge is 2.18. The van der Waals surface area contributed by atoms with Crippen LogP contribution in [0.25, 0.3) is 0 Å². The standard InChI is InChI=1S/C20H19NO5S/c22-20(14-27-17-5-6-18-19(11-17)26-10-9-25-18)21(12-15-3-1-7-23-15)13-16-4-2-8-24-16/h1-8,11H,9-10,12-14H2. The Bertz CT molecular complexity index is 840. The highest BCUT2D eigenvalue weighted by atomic mass is 32.2. The largest absolute Gasteiger partial charge is 0.486 e. The van der Waals surface area contributed by atoms with E-state index >= 15 is 0 Å². The summed E-state index contributed by atoms with van der Waals surface area (Å²) in [6.45, 7) is 1.90. The second kappa shape index (κ2) is 8.26. The van der Waals surface area contributed by atoms with Gasteiger partial charge < -0.3 is 23.2 Å². The predicted octanol–water partition coefficient (Wildman–Crippen LogP) is 3.96. The molecule has 0 radical (unpaired) electrons. The SMILES string of the molecule is O=C(CSc1ccc2c(c1)OCCO2)N(Cc1ccco1)Cc1ccco1. The second-order valence-corrected chi connectivity index (χ2v) is 7.05. The van der Waals surface area contributed by atoms with Crippen LogP contribution in [0.2, 0.25) is 0 Å². The maximum atomic E-state index is 12.8. The molecular weight excluding hydrogens is 366 g/mol. The van der Waals surface area contributed by atoms with E-state index < -0.39 is 0 Å². The molecule has 0 unspecified atom stereocenters. The molecule has 0 bridgehead atoms. The Kier molecular flexibility index (Phi) is 5.39. The van der Waals surface area contributed by atoms with E-state index in [0.29, 0.717) is 32.1 Å². The molecular formula is C20H19NO5S. The first-order chi connectivity index (χ1) is 13.3. The average molecular weight is 385 g/mol. The zero-order valence-electron chi connectivity index (χ0n) is 14.6. The van der Waals surface area contributed by atoms with Crippen molar-refractivity contribution in [3.05, 3.63) is 66.5 Å². The molecule has 1 amide bonds. The number of furan rings is 2. The molecule has 3 aromatic rings. The van der Waals surface area contributed by atoms with E-state index in [-0.39, 0.29) is 5.91 Å². The summed E-state index contributed by atoms with van der Waals surface area (Å²) in [6, 6.07) is 13.1. The lowest BCUT2D eigenvalue weighted by Gasteiger charge is -2.21. The van der Waals surface area contributed by atoms with Gasteiger partial charge in [0.2, 0.25) is 5.91 Å². The summed E-state index contributed by atoms with van der Waals surface area (Å²) in [7, 11) is 0. The molecule has 0 fully saturated rings. The van der Waals surface area contributed by atoms with Gasteiger partial charge in [-0.15, -0.1) is 11.8 Å². The fourth-order valence-corrected chi connectivity index (χ4v) is 3.59. The predicted molar refractivity (Wildman–Crippen MR) is 99.8 cm³/mol. The summed E-state index contributed by atoms with van der Waals surface area (Å²) >= 11 is 1.47. The van der Waals surface area contributed by atoms with Gasteiger partial charge in [0.05, 0.1) is 31.4 Å². The Morgan fingerprint density at radius 1 is 0.926 bits per heavy atom. The highest BCUT2D eigenvalue weighted by Crippen LogP contribution is 2.34. The minimum absolute atomic E-state index is 0.00249. The van der Waals surface area contributed by atoms with Gasteiger partial charge >= 0.3 is 0 Å². The Labute approximate surface area is 161 Å². The highest BCUT2D eigenvalue weighted by molar-refractivity contribution is 8.00. The van der Waals surface area contributed by atoms with Crippen LogP contribution >= 0.6 is 11.8 Å². The summed E-state index contributed by atoms with van der Waals surface area (Å²) in [5.74, 6) is 3.25. The number of nitrogens with zero attached hydrogens (tertiary/aromatic N) is 1. The number of fused-ring (bicyclic) bond motifs is 1. The van der Waals surface area contributed by atoms with E-state index in [4.69, 9.17) is 18.3 Å². The maximum Gasteiger partial charge on any atom is 0.233 e. The van der Waals surface area contributed by atoms with Gasteiger partial charge in [-0.2, -0.15) is 0 Å². The second-order valence-electron chi connectivity index (χ2n) is 6.00. The number of rotatable bonds is 7. The molecule has 7 heteroatoms. The third-order valence-corrected chi connectivity index (χ3v) is 5.06. The molecule has 1 aliphatic heterocycles. The summed E-state index contributed by atoms with van der Waals surface area (Å²) < 4.78 is 21.9. The van der Waals surface area contributed by atoms with Gasteiger partial charge in [0.15, 0.2) is 11.5 Å². The van der Waals surface area contributed by atoms with Crippen molar-refractivity contribution in [2.45, 2.75) is 18.0 Å². The molecule has 4 rings (SSSR count). The summed E-state index contributed by atoms with van der Waals surface area (Å²) in [5, 5.41) is 0. The van der Waals surface area contributed by atoms with Crippen LogP contribution in [0.3, 0.4) is 0 Å². The molecule has 0 saturated carbocycles. The van der Waals surface area contributed by atoms with Gasteiger partial charge in [-0.05, 0) is 42.5 Å². The van der Waals surface area contributed by atoms with Gasteiger partial charge in [0.25, 0.3) is 0 Å². The number of carbonyl (C=O) groups excluding carboxylic acids is 1. The molecule has 3 heterocycles. The van der Waals surface area contributed by atoms with Crippen molar-refractivity contribution in [3.63, 3.8) is 0 Å². The van der Waals surface area contributed by atoms with E-state index in [1.165, 1.54) is 11.8 Å². The first-order valence-electron chi connectivity index (χ1n) is 8.63. The van der Waals surface area contributed by atoms with Crippen molar-refractivity contribution < 1.29 is 23.1 Å². The lowest BCUT2D eigenvalue weighted by atomic mass is 10.3. The number of benzene rings is 1. The van der Waals surface area contributed by atoms with E-state index in [9.17, 15) is 4.79 Å². The van der Waals surface area contributed by atoms with E-state index in [0.717, 1.165) is 27.9 Å². The maximum absolute atomic E-state index is 12.8. The normalized spacial score (nSPS) is 12.7. The van der Waals surface area contributed by atoms with Gasteiger partial charge in [-0.25, -0.2) is 0 Å². The molecule has 0 saturated heterocycles. The van der Waals surface area contributed by atoms with Crippen LogP contribution in [0.5, 0.6) is 11.5 Å². The molecule has 2 aromatic heterocycles. The number of carbonyl (C=O) groups is 1. The number of hydrogen-bond donors (Lipinski definition) is 0. The smallest absolute Gasteiger partial charge is 0.233 e. The van der Waals surface area contributed by atoms with Crippen molar-refractivity contribution in [3.8, 4) is 11.5 Å². The zero-order chi connectivity index (χ0) is 18.5. The molecule has 140 valence electrons. The third kappa shape index (κ3) is 4.49. The first kappa shape index (κ1) is 17.6. The van der Waals surface area contributed by atoms with Crippen LogP contribution in [0, 0.1) is 0 Å². The number of thioether (sulfide) groups is 1. The molecule has 0 spiro atoms. The number of ether oxygens (including phenoxy) is 2. The zero-order valence-corrected chi connectivity index (χ0v) is 15.4. The molecule has 0 atom stereocenters. The van der Waals surface area contributed by atoms with Crippen molar-refractivity contribution in [2.75, 3.05) is 19.0 Å². The Balaban J connectivity index is 1.41. The molecule has 6 nitrogen and oxygen atoms in total. The topological polar surface area (TPSA) is 65.1 Å². The van der Waals surface area contributed by atoms with E-state index in [2.05, 4.69) is 0 Å². The van der Waals surface area contributed by atoms with E-state index in [1.54, 1.807) is 17.4 Å². The van der Waals surface area contributed by atoms with Crippen LogP contribution in [0.1, 0.15) is 11.5 Å². The lowest BCUT2D eigenvalue weighted by Crippen LogP contribution is -2.31. The van der Waals surface area contributed by atoms with Gasteiger partial charge in [-0.1, -0.05) is 0 Å². The summed E-state index contributed by atoms with van der Waals surface area (Å²) in [5.41, 5.74) is 0. The van der Waals surface area contributed by atoms with E-state index in [1.807, 2.05) is 42.5 Å². The van der Waals surface area contributed by atoms with Crippen LogP contribution < -0.4 is 9.47 Å². The summed E-state index contributed by atoms with van der Waals surface area (Å²) in [6.07, 6.45) is 3.21. The molecule has 1 aromatic carbocycles. The fourth-order valence-electron chi connectivity index (χ4n) is 2.76. The molecule has 27 heavy (non-hydrogen) atoms. The van der Waals surface area contributed by atoms with Gasteiger partial charge in [-0.3, -0.25) is 4.79 Å². The monoisotopic (exact) mass is 385 g/mol. The fraction of sp³-hybridized carbons (Fsp3) is 0.250. The Hall–Kier alpha value is -2.80. The van der Waals surface area contributed by atoms with Crippen LogP contribution in [0.4, 0.5) is 0 Å². The molecule has 0 N–H and O–H groups in total. The minimum atomic E-state index is 0.00249. The van der Waals surface area contributed by atoms with Crippen LogP contribution in [-0.4, -0.2) is 29.8 Å². The van der Waals surface area contributed by atoms with Crippen molar-refractivity contribution >= 4 is 17.7 Å². The third-order valence-electron chi connectivity index (χ3n) is 4.08. The average Bonchev–Trinajstić information content (AvgIpc) is 3.39. The number of amides is 1. The Morgan fingerprint density at radius 2 is 1.59 bits per heavy atom. The van der Waals surface area contributed by atoms with Gasteiger partial charge in [0, 0.05) is 4.90 Å². The molecule has 0 aliphatic carbocycles. The minimum Gasteiger partial charge on any atom is -0.486 e. The first-order valence-corrected chi connectivity index (χ1v) is 9.61. The van der Waals surface area contributed by atoms with Crippen molar-refractivity contribution in [1.29, 1.82) is 0 Å². The van der Waals surface area contributed by atoms with Crippen molar-refractivity contribution in [1.82, 2.24) is 4.90 Å². The molecule has 1 aliphatic rings. The van der Waals surface area contributed by atoms with Crippen LogP contribution in [-0.2, 0) is 17.9 Å².